The van der Waals surface area contributed by atoms with E-state index in [1.807, 2.05) is 0 Å². The van der Waals surface area contributed by atoms with Crippen LogP contribution in [0.1, 0.15) is 13.8 Å². The minimum absolute atomic E-state index is 0.110. The molecule has 0 aromatic heterocycles. The van der Waals surface area contributed by atoms with E-state index in [0.29, 0.717) is 0 Å². The third kappa shape index (κ3) is 1.55. The molecule has 6 nitrogen and oxygen atoms in total. The smallest absolute Gasteiger partial charge is 0.325 e. The van der Waals surface area contributed by atoms with Crippen LogP contribution in [-0.4, -0.2) is 41.9 Å². The monoisotopic (exact) mass is 199 g/mol. The van der Waals surface area contributed by atoms with E-state index in [2.05, 4.69) is 10.6 Å². The van der Waals surface area contributed by atoms with Gasteiger partial charge in [-0.2, -0.15) is 0 Å². The van der Waals surface area contributed by atoms with Crippen molar-refractivity contribution < 1.29 is 14.4 Å². The van der Waals surface area contributed by atoms with Gasteiger partial charge in [-0.1, -0.05) is 0 Å². The first-order valence-corrected chi connectivity index (χ1v) is 4.23. The van der Waals surface area contributed by atoms with E-state index in [-0.39, 0.29) is 18.4 Å². The molecule has 1 aliphatic heterocycles. The summed E-state index contributed by atoms with van der Waals surface area (Å²) < 4.78 is 0. The molecule has 0 aliphatic carbocycles. The van der Waals surface area contributed by atoms with Crippen molar-refractivity contribution in [1.29, 1.82) is 0 Å². The summed E-state index contributed by atoms with van der Waals surface area (Å²) in [6, 6.07) is -0.524. The highest BCUT2D eigenvalue weighted by atomic mass is 16.2. The van der Waals surface area contributed by atoms with Crippen LogP contribution in [-0.2, 0) is 9.59 Å². The molecule has 1 fully saturated rings. The van der Waals surface area contributed by atoms with Crippen molar-refractivity contribution in [1.82, 2.24) is 15.5 Å². The molecular weight excluding hydrogens is 186 g/mol. The van der Waals surface area contributed by atoms with Crippen LogP contribution in [0.4, 0.5) is 4.79 Å². The standard InChI is InChI=1S/C8H13N3O3/c1-8(2)6(13)10-7(14)11(8)4-5(12)9-3/h4H2,1-3H3,(H,9,12)(H,10,13,14). The average Bonchev–Trinajstić information content (AvgIpc) is 2.28. The molecule has 1 heterocycles. The fourth-order valence-corrected chi connectivity index (χ4v) is 1.19. The van der Waals surface area contributed by atoms with Gasteiger partial charge >= 0.3 is 6.03 Å². The number of imide groups is 1. The van der Waals surface area contributed by atoms with Gasteiger partial charge < -0.3 is 10.2 Å². The van der Waals surface area contributed by atoms with Crippen molar-refractivity contribution in [2.24, 2.45) is 0 Å². The van der Waals surface area contributed by atoms with Crippen LogP contribution in [0, 0.1) is 0 Å². The second kappa shape index (κ2) is 3.28. The lowest BCUT2D eigenvalue weighted by Gasteiger charge is -2.26. The number of nitrogens with zero attached hydrogens (tertiary/aromatic N) is 1. The van der Waals surface area contributed by atoms with Crippen molar-refractivity contribution >= 4 is 17.8 Å². The molecule has 0 aromatic rings. The summed E-state index contributed by atoms with van der Waals surface area (Å²) in [5.41, 5.74) is -0.955. The van der Waals surface area contributed by atoms with Crippen molar-refractivity contribution in [3.8, 4) is 0 Å². The first-order valence-electron chi connectivity index (χ1n) is 4.23. The maximum absolute atomic E-state index is 11.3. The van der Waals surface area contributed by atoms with Gasteiger partial charge in [0.05, 0.1) is 0 Å². The third-order valence-corrected chi connectivity index (χ3v) is 2.28. The van der Waals surface area contributed by atoms with E-state index < -0.39 is 11.6 Å². The molecule has 1 aliphatic rings. The zero-order chi connectivity index (χ0) is 10.9. The zero-order valence-corrected chi connectivity index (χ0v) is 8.38. The summed E-state index contributed by atoms with van der Waals surface area (Å²) in [4.78, 5) is 34.8. The molecule has 2 N–H and O–H groups in total. The predicted octanol–water partition coefficient (Wildman–Crippen LogP) is -0.937. The lowest BCUT2D eigenvalue weighted by atomic mass is 10.0. The van der Waals surface area contributed by atoms with Crippen molar-refractivity contribution in [2.75, 3.05) is 13.6 Å². The highest BCUT2D eigenvalue weighted by molar-refractivity contribution is 6.07. The summed E-state index contributed by atoms with van der Waals surface area (Å²) in [7, 11) is 1.48. The van der Waals surface area contributed by atoms with Gasteiger partial charge in [0.2, 0.25) is 5.91 Å². The maximum atomic E-state index is 11.3. The highest BCUT2D eigenvalue weighted by Gasteiger charge is 2.45. The fourth-order valence-electron chi connectivity index (χ4n) is 1.19. The van der Waals surface area contributed by atoms with Crippen molar-refractivity contribution in [2.45, 2.75) is 19.4 Å². The van der Waals surface area contributed by atoms with Gasteiger partial charge in [-0.15, -0.1) is 0 Å². The number of hydrogen-bond acceptors (Lipinski definition) is 3. The summed E-state index contributed by atoms with van der Waals surface area (Å²) in [6.45, 7) is 3.08. The summed E-state index contributed by atoms with van der Waals surface area (Å²) in [5, 5.41) is 4.55. The molecule has 1 saturated heterocycles. The Hall–Kier alpha value is -1.59. The summed E-state index contributed by atoms with van der Waals surface area (Å²) in [5.74, 6) is -0.686. The van der Waals surface area contributed by atoms with Crippen LogP contribution in [0.3, 0.4) is 0 Å². The Bertz CT molecular complexity index is 298. The zero-order valence-electron chi connectivity index (χ0n) is 8.38. The lowest BCUT2D eigenvalue weighted by Crippen LogP contribution is -2.48. The number of likely N-dealkylation sites (N-methyl/N-ethyl adjacent to an activating group) is 1. The van der Waals surface area contributed by atoms with Crippen LogP contribution in [0.25, 0.3) is 0 Å². The number of amides is 4. The molecule has 0 atom stereocenters. The predicted molar refractivity (Wildman–Crippen MR) is 48.4 cm³/mol. The minimum atomic E-state index is -0.955. The van der Waals surface area contributed by atoms with Crippen LogP contribution in [0.15, 0.2) is 0 Å². The van der Waals surface area contributed by atoms with Crippen LogP contribution in [0.2, 0.25) is 0 Å². The van der Waals surface area contributed by atoms with E-state index >= 15 is 0 Å². The van der Waals surface area contributed by atoms with Gasteiger partial charge in [0.1, 0.15) is 12.1 Å². The fraction of sp³-hybridized carbons (Fsp3) is 0.625. The third-order valence-electron chi connectivity index (χ3n) is 2.28. The molecule has 0 saturated carbocycles. The Morgan fingerprint density at radius 2 is 2.07 bits per heavy atom. The van der Waals surface area contributed by atoms with Gasteiger partial charge in [0, 0.05) is 7.05 Å². The van der Waals surface area contributed by atoms with Crippen LogP contribution >= 0.6 is 0 Å². The van der Waals surface area contributed by atoms with E-state index in [0.717, 1.165) is 0 Å². The van der Waals surface area contributed by atoms with E-state index in [1.54, 1.807) is 13.8 Å². The summed E-state index contributed by atoms with van der Waals surface area (Å²) >= 11 is 0. The number of carbonyl (C=O) groups is 3. The highest BCUT2D eigenvalue weighted by Crippen LogP contribution is 2.19. The molecule has 0 radical (unpaired) electrons. The molecule has 78 valence electrons. The van der Waals surface area contributed by atoms with Gasteiger partial charge in [-0.05, 0) is 13.8 Å². The van der Waals surface area contributed by atoms with Crippen molar-refractivity contribution in [3.05, 3.63) is 0 Å². The molecular formula is C8H13N3O3. The van der Waals surface area contributed by atoms with Crippen LogP contribution < -0.4 is 10.6 Å². The Morgan fingerprint density at radius 3 is 2.43 bits per heavy atom. The Morgan fingerprint density at radius 1 is 1.50 bits per heavy atom. The van der Waals surface area contributed by atoms with Gasteiger partial charge in [-0.25, -0.2) is 4.79 Å². The normalized spacial score (nSPS) is 19.5. The molecule has 4 amide bonds. The minimum Gasteiger partial charge on any atom is -0.358 e. The second-order valence-electron chi connectivity index (χ2n) is 3.58. The molecule has 14 heavy (non-hydrogen) atoms. The summed E-state index contributed by atoms with van der Waals surface area (Å²) in [6.07, 6.45) is 0. The number of urea groups is 1. The molecule has 0 unspecified atom stereocenters. The Kier molecular flexibility index (Phi) is 2.46. The van der Waals surface area contributed by atoms with E-state index in [9.17, 15) is 14.4 Å². The maximum Gasteiger partial charge on any atom is 0.325 e. The number of carbonyl (C=O) groups excluding carboxylic acids is 3. The van der Waals surface area contributed by atoms with Gasteiger partial charge in [0.15, 0.2) is 0 Å². The average molecular weight is 199 g/mol. The Labute approximate surface area is 81.6 Å². The lowest BCUT2D eigenvalue weighted by molar-refractivity contribution is -0.126. The number of hydrogen-bond donors (Lipinski definition) is 2. The number of nitrogens with one attached hydrogen (secondary N) is 2. The number of rotatable bonds is 2. The second-order valence-corrected chi connectivity index (χ2v) is 3.58. The topological polar surface area (TPSA) is 78.5 Å². The SMILES string of the molecule is CNC(=O)CN1C(=O)NC(=O)C1(C)C. The molecule has 0 aromatic carbocycles. The Balaban J connectivity index is 2.82. The molecule has 0 spiro atoms. The first-order chi connectivity index (χ1) is 6.39. The quantitative estimate of drug-likeness (QED) is 0.563. The van der Waals surface area contributed by atoms with Crippen molar-refractivity contribution in [3.63, 3.8) is 0 Å². The van der Waals surface area contributed by atoms with E-state index in [4.69, 9.17) is 0 Å². The molecule has 6 heteroatoms. The largest absolute Gasteiger partial charge is 0.358 e. The first kappa shape index (κ1) is 10.5. The molecule has 0 bridgehead atoms. The molecule has 1 rings (SSSR count). The van der Waals surface area contributed by atoms with Crippen LogP contribution in [0.5, 0.6) is 0 Å². The van der Waals surface area contributed by atoms with Gasteiger partial charge in [-0.3, -0.25) is 14.9 Å². The van der Waals surface area contributed by atoms with E-state index in [1.165, 1.54) is 11.9 Å². The van der Waals surface area contributed by atoms with Gasteiger partial charge in [0.25, 0.3) is 5.91 Å².